The van der Waals surface area contributed by atoms with Crippen LogP contribution in [0.5, 0.6) is 11.5 Å². The summed E-state index contributed by atoms with van der Waals surface area (Å²) in [6.45, 7) is 19.5. The number of hydrogen-bond acceptors (Lipinski definition) is 2. The van der Waals surface area contributed by atoms with Gasteiger partial charge >= 0.3 is 392 Å². The fourth-order valence-corrected chi connectivity index (χ4v) is 11.9. The quantitative estimate of drug-likeness (QED) is 0.142. The first-order valence-electron chi connectivity index (χ1n) is 31.4. The number of pyridine rings is 1. The van der Waals surface area contributed by atoms with Gasteiger partial charge in [0.05, 0.1) is 0 Å². The second kappa shape index (κ2) is 19.0. The van der Waals surface area contributed by atoms with E-state index in [0.29, 0.717) is 37.7 Å². The van der Waals surface area contributed by atoms with Gasteiger partial charge in [-0.2, -0.15) is 0 Å². The van der Waals surface area contributed by atoms with Crippen molar-refractivity contribution in [1.29, 1.82) is 0 Å². The summed E-state index contributed by atoms with van der Waals surface area (Å²) in [4.78, 5) is 4.86. The van der Waals surface area contributed by atoms with Gasteiger partial charge in [-0.15, -0.1) is 0 Å². The first kappa shape index (κ1) is 40.0. The molecule has 13 aromatic rings. The summed E-state index contributed by atoms with van der Waals surface area (Å²) in [6.07, 6.45) is 1.84. The molecule has 9 aromatic carbocycles. The molecule has 392 valence electrons. The van der Waals surface area contributed by atoms with Crippen LogP contribution in [0.2, 0.25) is 0 Å². The van der Waals surface area contributed by atoms with Gasteiger partial charge in [0, 0.05) is 6.20 Å². The molecule has 0 spiro atoms. The van der Waals surface area contributed by atoms with Gasteiger partial charge in [0.25, 0.3) is 0 Å². The molecule has 0 unspecified atom stereocenters. The minimum absolute atomic E-state index is 0.121. The van der Waals surface area contributed by atoms with Crippen LogP contribution in [0.15, 0.2) is 206 Å². The third-order valence-corrected chi connectivity index (χ3v) is 15.9. The Labute approximate surface area is 487 Å². The Kier molecular flexibility index (Phi) is 9.59. The molecule has 6 nitrogen and oxygen atoms in total. The standard InChI is InChI=1S/C72H61N5O.Pt/c1-70(2,3)49-31-35-63-60(39-49)61-40-50(71(4,5)6)32-36-64(61)76(63)53-43-58(47-21-12-10-13-22-47)69(59(44-53)48-23-14-11-15-24-48)75-46-74(65-29-18-19-30-66(65)75)52-25-20-26-54(42-52)78-55-33-34-57-56-27-16-17-28-62(56)77(67(57)45-55)68-41-51(37-38-73-68)72(7,8)9;/h10-41,43-44H,1-9H3;/q-2;/i10D,11D,12D,13D,14D,15D,21D,22D,23D,24D;. The predicted molar refractivity (Wildman–Crippen MR) is 323 cm³/mol. The molecule has 0 N–H and O–H groups in total. The van der Waals surface area contributed by atoms with E-state index in [2.05, 4.69) is 158 Å². The molecule has 0 radical (unpaired) electrons. The van der Waals surface area contributed by atoms with Crippen LogP contribution in [0.25, 0.3) is 99.8 Å². The van der Waals surface area contributed by atoms with Crippen LogP contribution in [0.3, 0.4) is 0 Å². The normalized spacial score (nSPS) is 14.2. The fraction of sp³-hybridized carbons (Fsp3) is 0.167. The van der Waals surface area contributed by atoms with Crippen LogP contribution in [-0.2, 0) is 35.6 Å². The SMILES string of the molecule is [2H]c1c([2H])c([2H])c(-c2cc(-n3c4ccc(C(C)(C)C)cc4c4cc(C(C)(C)C)ccc43)cc(-c3c([2H])c([2H])c([2H])c([2H])c3[2H])c2-n2[c](=[Pt])n(-c3[c-]c(Oc4[c-]c5c(cc4)c4ccccc4n5-c4cc(C(C)(C)C)ccn4)ccc3)c3ccccc32)c([2H])c1[2H]. The van der Waals surface area contributed by atoms with Gasteiger partial charge in [0.1, 0.15) is 0 Å². The van der Waals surface area contributed by atoms with Crippen LogP contribution in [0.1, 0.15) is 92.7 Å². The van der Waals surface area contributed by atoms with Crippen molar-refractivity contribution in [3.05, 3.63) is 239 Å². The molecule has 0 saturated carbocycles. The Hall–Kier alpha value is -8.31. The molecule has 79 heavy (non-hydrogen) atoms. The first-order valence-corrected chi connectivity index (χ1v) is 27.5. The minimum atomic E-state index is -0.585. The van der Waals surface area contributed by atoms with Crippen molar-refractivity contribution in [2.24, 2.45) is 0 Å². The van der Waals surface area contributed by atoms with E-state index in [0.717, 1.165) is 66.1 Å². The number of ether oxygens (including phenoxy) is 1. The van der Waals surface area contributed by atoms with Crippen molar-refractivity contribution in [2.45, 2.75) is 78.6 Å². The molecule has 0 aliphatic rings. The molecular formula is C72H61N5OPt-2. The van der Waals surface area contributed by atoms with Crippen molar-refractivity contribution < 1.29 is 37.8 Å². The molecule has 0 fully saturated rings. The number of aromatic nitrogens is 5. The van der Waals surface area contributed by atoms with Crippen molar-refractivity contribution in [3.8, 4) is 56.6 Å². The Morgan fingerprint density at radius 2 is 0.987 bits per heavy atom. The molecule has 0 amide bonds. The van der Waals surface area contributed by atoms with Gasteiger partial charge in [0.2, 0.25) is 0 Å². The van der Waals surface area contributed by atoms with Crippen LogP contribution in [-0.4, -0.2) is 23.3 Å². The van der Waals surface area contributed by atoms with E-state index in [-0.39, 0.29) is 44.2 Å². The number of nitrogens with zero attached hydrogens (tertiary/aromatic N) is 5. The topological polar surface area (TPSA) is 41.8 Å². The summed E-state index contributed by atoms with van der Waals surface area (Å²) in [7, 11) is 0. The number of rotatable bonds is 8. The number of fused-ring (bicyclic) bond motifs is 7. The average molecular weight is 1220 g/mol. The summed E-state index contributed by atoms with van der Waals surface area (Å²) in [5.74, 6) is 1.56. The van der Waals surface area contributed by atoms with E-state index in [1.807, 2.05) is 88.1 Å². The fourth-order valence-electron chi connectivity index (χ4n) is 10.9. The average Bonchev–Trinajstić information content (AvgIpc) is 1.72. The van der Waals surface area contributed by atoms with Crippen molar-refractivity contribution >= 4 is 54.6 Å². The summed E-state index contributed by atoms with van der Waals surface area (Å²) in [5.41, 5.74) is 8.53. The Bertz CT molecular complexity index is 5010. The molecular weight excluding hydrogens is 1150 g/mol. The molecule has 0 bridgehead atoms. The Morgan fingerprint density at radius 1 is 0.456 bits per heavy atom. The van der Waals surface area contributed by atoms with E-state index < -0.39 is 60.4 Å². The van der Waals surface area contributed by atoms with E-state index in [1.165, 1.54) is 0 Å². The molecule has 0 aliphatic carbocycles. The summed E-state index contributed by atoms with van der Waals surface area (Å²) < 4.78 is 108. The van der Waals surface area contributed by atoms with E-state index >= 15 is 0 Å². The predicted octanol–water partition coefficient (Wildman–Crippen LogP) is 18.7. The zero-order valence-corrected chi connectivity index (χ0v) is 47.6. The first-order chi connectivity index (χ1) is 42.1. The maximum absolute atomic E-state index is 9.71. The van der Waals surface area contributed by atoms with Gasteiger partial charge in [-0.3, -0.25) is 0 Å². The number of benzene rings is 9. The molecule has 4 heterocycles. The van der Waals surface area contributed by atoms with Crippen LogP contribution < -0.4 is 4.74 Å². The number of hydrogen-bond donors (Lipinski definition) is 0. The Morgan fingerprint density at radius 3 is 1.58 bits per heavy atom. The van der Waals surface area contributed by atoms with Crippen LogP contribution in [0, 0.1) is 15.9 Å². The molecule has 7 heteroatoms. The van der Waals surface area contributed by atoms with Gasteiger partial charge in [-0.05, 0) is 17.0 Å². The molecule has 0 aliphatic heterocycles. The summed E-state index contributed by atoms with van der Waals surface area (Å²) in [6, 6.07) is 47.4. The zero-order valence-electron chi connectivity index (χ0n) is 55.3. The molecule has 4 aromatic heterocycles. The monoisotopic (exact) mass is 1220 g/mol. The van der Waals surface area contributed by atoms with Crippen molar-refractivity contribution in [2.75, 3.05) is 0 Å². The molecule has 13 rings (SSSR count). The summed E-state index contributed by atoms with van der Waals surface area (Å²) >= 11 is 2.20. The van der Waals surface area contributed by atoms with Gasteiger partial charge in [0.15, 0.2) is 0 Å². The van der Waals surface area contributed by atoms with Gasteiger partial charge in [-0.25, -0.2) is 0 Å². The van der Waals surface area contributed by atoms with Crippen LogP contribution in [0.4, 0.5) is 0 Å². The number of para-hydroxylation sites is 3. The van der Waals surface area contributed by atoms with Crippen molar-refractivity contribution in [1.82, 2.24) is 23.3 Å². The van der Waals surface area contributed by atoms with E-state index in [9.17, 15) is 5.48 Å². The van der Waals surface area contributed by atoms with Crippen molar-refractivity contribution in [3.63, 3.8) is 0 Å². The maximum atomic E-state index is 9.71. The molecule has 0 saturated heterocycles. The third kappa shape index (κ3) is 8.78. The van der Waals surface area contributed by atoms with Crippen LogP contribution >= 0.6 is 0 Å². The van der Waals surface area contributed by atoms with Gasteiger partial charge in [-0.1, -0.05) is 74.4 Å². The number of imidazole rings is 1. The van der Waals surface area contributed by atoms with E-state index in [4.69, 9.17) is 17.9 Å². The second-order valence-electron chi connectivity index (χ2n) is 23.2. The second-order valence-corrected chi connectivity index (χ2v) is 24.2. The zero-order chi connectivity index (χ0) is 63.2. The Balaban J connectivity index is 1.08. The third-order valence-electron chi connectivity index (χ3n) is 14.9. The summed E-state index contributed by atoms with van der Waals surface area (Å²) in [5, 5.41) is 3.92. The molecule has 0 atom stereocenters. The van der Waals surface area contributed by atoms with Gasteiger partial charge < -0.3 is 0 Å². The van der Waals surface area contributed by atoms with E-state index in [1.54, 1.807) is 12.1 Å².